The highest BCUT2D eigenvalue weighted by Gasteiger charge is 2.42. The molecule has 35 heavy (non-hydrogen) atoms. The van der Waals surface area contributed by atoms with Gasteiger partial charge in [-0.3, -0.25) is 9.36 Å². The predicted octanol–water partition coefficient (Wildman–Crippen LogP) is 2.70. The number of hydrogen-bond donors (Lipinski definition) is 0. The maximum atomic E-state index is 12.9. The van der Waals surface area contributed by atoms with Crippen LogP contribution in [-0.2, 0) is 19.8 Å². The van der Waals surface area contributed by atoms with Gasteiger partial charge in [-0.2, -0.15) is 23.3 Å². The standard InChI is InChI=1S/C21H23F5N8O/c1-31-17(35)14-10-29-34(11-15(22)23)16(14)30-19(31)32-5-2-20(3-6-32)4-7-33(12-20)13-8-27-18(28-9-13)21(24,25)26/h8-10,15H,2-7,11-12H2,1H3. The third kappa shape index (κ3) is 4.29. The van der Waals surface area contributed by atoms with E-state index in [1.54, 1.807) is 7.05 Å². The molecule has 2 aliphatic heterocycles. The molecule has 2 aliphatic rings. The first kappa shape index (κ1) is 23.4. The fourth-order valence-corrected chi connectivity index (χ4v) is 5.01. The first-order valence-corrected chi connectivity index (χ1v) is 11.2. The van der Waals surface area contributed by atoms with Crippen molar-refractivity contribution in [3.63, 3.8) is 0 Å². The molecule has 0 aromatic carbocycles. The number of anilines is 2. The van der Waals surface area contributed by atoms with Crippen LogP contribution in [0.2, 0.25) is 0 Å². The van der Waals surface area contributed by atoms with Crippen molar-refractivity contribution < 1.29 is 22.0 Å². The minimum Gasteiger partial charge on any atom is -0.368 e. The molecule has 3 aromatic heterocycles. The monoisotopic (exact) mass is 498 g/mol. The molecular formula is C21H23F5N8O. The molecule has 0 radical (unpaired) electrons. The quantitative estimate of drug-likeness (QED) is 0.512. The van der Waals surface area contributed by atoms with E-state index in [1.807, 2.05) is 9.80 Å². The van der Waals surface area contributed by atoms with Crippen molar-refractivity contribution in [2.24, 2.45) is 12.5 Å². The van der Waals surface area contributed by atoms with Gasteiger partial charge in [0, 0.05) is 33.2 Å². The van der Waals surface area contributed by atoms with Crippen LogP contribution < -0.4 is 15.4 Å². The van der Waals surface area contributed by atoms with Crippen LogP contribution in [0, 0.1) is 5.41 Å². The summed E-state index contributed by atoms with van der Waals surface area (Å²) in [5.74, 6) is -0.757. The molecule has 2 fully saturated rings. The number of hydrogen-bond acceptors (Lipinski definition) is 7. The largest absolute Gasteiger partial charge is 0.451 e. The van der Waals surface area contributed by atoms with Gasteiger partial charge in [0.05, 0.1) is 24.3 Å². The Morgan fingerprint density at radius 1 is 1.03 bits per heavy atom. The van der Waals surface area contributed by atoms with Gasteiger partial charge < -0.3 is 9.80 Å². The Bertz CT molecular complexity index is 1280. The summed E-state index contributed by atoms with van der Waals surface area (Å²) < 4.78 is 66.5. The van der Waals surface area contributed by atoms with Crippen LogP contribution >= 0.6 is 0 Å². The molecule has 0 atom stereocenters. The van der Waals surface area contributed by atoms with E-state index in [-0.39, 0.29) is 22.0 Å². The zero-order valence-electron chi connectivity index (χ0n) is 18.8. The first-order valence-electron chi connectivity index (χ1n) is 11.2. The highest BCUT2D eigenvalue weighted by Crippen LogP contribution is 2.42. The molecular weight excluding hydrogens is 475 g/mol. The average Bonchev–Trinajstić information content (AvgIpc) is 3.41. The van der Waals surface area contributed by atoms with E-state index in [1.165, 1.54) is 23.2 Å². The highest BCUT2D eigenvalue weighted by molar-refractivity contribution is 5.74. The van der Waals surface area contributed by atoms with Crippen LogP contribution in [0.5, 0.6) is 0 Å². The maximum Gasteiger partial charge on any atom is 0.451 e. The fraction of sp³-hybridized carbons (Fsp3) is 0.571. The Morgan fingerprint density at radius 2 is 1.66 bits per heavy atom. The lowest BCUT2D eigenvalue weighted by Gasteiger charge is -2.40. The van der Waals surface area contributed by atoms with Crippen molar-refractivity contribution in [1.29, 1.82) is 0 Å². The topological polar surface area (TPSA) is 85.0 Å². The lowest BCUT2D eigenvalue weighted by Crippen LogP contribution is -2.44. The number of aromatic nitrogens is 6. The summed E-state index contributed by atoms with van der Waals surface area (Å²) in [6.45, 7) is 1.92. The summed E-state index contributed by atoms with van der Waals surface area (Å²) in [7, 11) is 1.60. The zero-order chi connectivity index (χ0) is 25.0. The molecule has 0 amide bonds. The van der Waals surface area contributed by atoms with E-state index in [0.717, 1.165) is 23.9 Å². The molecule has 9 nitrogen and oxygen atoms in total. The molecule has 2 saturated heterocycles. The molecule has 5 heterocycles. The van der Waals surface area contributed by atoms with Crippen LogP contribution in [0.3, 0.4) is 0 Å². The van der Waals surface area contributed by atoms with Crippen LogP contribution in [0.15, 0.2) is 23.4 Å². The number of alkyl halides is 5. The van der Waals surface area contributed by atoms with Gasteiger partial charge in [0.25, 0.3) is 12.0 Å². The van der Waals surface area contributed by atoms with Gasteiger partial charge in [-0.1, -0.05) is 0 Å². The van der Waals surface area contributed by atoms with E-state index in [0.29, 0.717) is 37.8 Å². The predicted molar refractivity (Wildman–Crippen MR) is 117 cm³/mol. The lowest BCUT2D eigenvalue weighted by molar-refractivity contribution is -0.144. The summed E-state index contributed by atoms with van der Waals surface area (Å²) in [5, 5.41) is 4.09. The van der Waals surface area contributed by atoms with E-state index >= 15 is 0 Å². The van der Waals surface area contributed by atoms with Crippen LogP contribution in [0.25, 0.3) is 11.0 Å². The summed E-state index contributed by atoms with van der Waals surface area (Å²) in [6.07, 6.45) is -1.07. The second-order valence-electron chi connectivity index (χ2n) is 9.15. The summed E-state index contributed by atoms with van der Waals surface area (Å²) in [6, 6.07) is 0. The summed E-state index contributed by atoms with van der Waals surface area (Å²) in [4.78, 5) is 28.2. The molecule has 0 saturated carbocycles. The minimum atomic E-state index is -4.58. The molecule has 188 valence electrons. The third-order valence-corrected chi connectivity index (χ3v) is 6.97. The molecule has 1 spiro atoms. The van der Waals surface area contributed by atoms with Crippen molar-refractivity contribution >= 4 is 22.7 Å². The fourth-order valence-electron chi connectivity index (χ4n) is 5.01. The lowest BCUT2D eigenvalue weighted by atomic mass is 9.78. The zero-order valence-corrected chi connectivity index (χ0v) is 18.8. The van der Waals surface area contributed by atoms with Crippen molar-refractivity contribution in [3.8, 4) is 0 Å². The highest BCUT2D eigenvalue weighted by atomic mass is 19.4. The van der Waals surface area contributed by atoms with Gasteiger partial charge in [-0.05, 0) is 24.7 Å². The van der Waals surface area contributed by atoms with Crippen molar-refractivity contribution in [3.05, 3.63) is 34.8 Å². The van der Waals surface area contributed by atoms with Gasteiger partial charge in [0.1, 0.15) is 11.9 Å². The Labute approximate surface area is 196 Å². The van der Waals surface area contributed by atoms with Gasteiger partial charge in [-0.15, -0.1) is 0 Å². The van der Waals surface area contributed by atoms with Crippen molar-refractivity contribution in [2.45, 2.75) is 38.4 Å². The average molecular weight is 498 g/mol. The second-order valence-corrected chi connectivity index (χ2v) is 9.15. The summed E-state index contributed by atoms with van der Waals surface area (Å²) >= 11 is 0. The number of fused-ring (bicyclic) bond motifs is 1. The normalized spacial score (nSPS) is 18.4. The van der Waals surface area contributed by atoms with Gasteiger partial charge in [0.15, 0.2) is 5.65 Å². The second kappa shape index (κ2) is 8.41. The molecule has 5 rings (SSSR count). The van der Waals surface area contributed by atoms with Crippen LogP contribution in [0.4, 0.5) is 33.6 Å². The molecule has 0 bridgehead atoms. The molecule has 3 aromatic rings. The first-order chi connectivity index (χ1) is 16.6. The summed E-state index contributed by atoms with van der Waals surface area (Å²) in [5.41, 5.74) is 0.317. The number of piperidine rings is 1. The molecule has 14 heteroatoms. The third-order valence-electron chi connectivity index (χ3n) is 6.97. The number of halogens is 5. The Kier molecular flexibility index (Phi) is 5.63. The van der Waals surface area contributed by atoms with E-state index in [4.69, 9.17) is 0 Å². The molecule has 0 unspecified atom stereocenters. The van der Waals surface area contributed by atoms with Gasteiger partial charge >= 0.3 is 6.18 Å². The Balaban J connectivity index is 1.31. The van der Waals surface area contributed by atoms with Gasteiger partial charge in [-0.25, -0.2) is 23.4 Å². The van der Waals surface area contributed by atoms with E-state index in [2.05, 4.69) is 20.1 Å². The molecule has 0 N–H and O–H groups in total. The van der Waals surface area contributed by atoms with Crippen LogP contribution in [-0.4, -0.2) is 61.9 Å². The van der Waals surface area contributed by atoms with Gasteiger partial charge in [0.2, 0.25) is 11.8 Å². The van der Waals surface area contributed by atoms with Crippen molar-refractivity contribution in [1.82, 2.24) is 29.3 Å². The molecule has 0 aliphatic carbocycles. The maximum absolute atomic E-state index is 12.9. The van der Waals surface area contributed by atoms with Crippen LogP contribution in [0.1, 0.15) is 25.1 Å². The number of rotatable bonds is 4. The minimum absolute atomic E-state index is 0.0282. The van der Waals surface area contributed by atoms with E-state index in [9.17, 15) is 26.7 Å². The number of nitrogens with zero attached hydrogens (tertiary/aromatic N) is 8. The smallest absolute Gasteiger partial charge is 0.368 e. The van der Waals surface area contributed by atoms with Crippen molar-refractivity contribution in [2.75, 3.05) is 36.0 Å². The Morgan fingerprint density at radius 3 is 2.26 bits per heavy atom. The van der Waals surface area contributed by atoms with E-state index < -0.39 is 25.0 Å². The SMILES string of the molecule is Cn1c(N2CCC3(CCN(c4cnc(C(F)(F)F)nc4)C3)CC2)nc2c(cnn2CC(F)F)c1=O. The Hall–Kier alpha value is -3.32.